The summed E-state index contributed by atoms with van der Waals surface area (Å²) in [5, 5.41) is 11.2. The van der Waals surface area contributed by atoms with Crippen molar-refractivity contribution in [2.24, 2.45) is 0 Å². The lowest BCUT2D eigenvalue weighted by molar-refractivity contribution is -0.127. The topological polar surface area (TPSA) is 78.3 Å². The summed E-state index contributed by atoms with van der Waals surface area (Å²) in [6.07, 6.45) is 4.46. The summed E-state index contributed by atoms with van der Waals surface area (Å²) >= 11 is 0. The van der Waals surface area contributed by atoms with Crippen molar-refractivity contribution >= 4 is 5.91 Å². The molecule has 1 aromatic carbocycles. The van der Waals surface area contributed by atoms with Crippen LogP contribution in [0.1, 0.15) is 37.3 Å². The van der Waals surface area contributed by atoms with Gasteiger partial charge in [0.15, 0.2) is 11.9 Å². The van der Waals surface area contributed by atoms with Crippen molar-refractivity contribution in [2.75, 3.05) is 6.54 Å². The standard InChI is InChI=1S/C18H22N4O3/c23-18-15(4-1-2-10-19-18)25-14-8-6-13(7-9-14)24-12-17-21-20-16-5-3-11-22(16)17/h6-9,15H,1-5,10-12H2,(H,19,23). The number of ether oxygens (including phenoxy) is 2. The molecule has 1 unspecified atom stereocenters. The number of nitrogens with zero attached hydrogens (tertiary/aromatic N) is 3. The average molecular weight is 342 g/mol. The molecule has 7 heteroatoms. The molecule has 0 saturated carbocycles. The number of amides is 1. The Hall–Kier alpha value is -2.57. The molecule has 1 atom stereocenters. The van der Waals surface area contributed by atoms with Gasteiger partial charge in [-0.3, -0.25) is 4.79 Å². The first-order valence-electron chi connectivity index (χ1n) is 8.88. The molecule has 2 aliphatic rings. The molecule has 1 saturated heterocycles. The van der Waals surface area contributed by atoms with E-state index in [9.17, 15) is 4.79 Å². The summed E-state index contributed by atoms with van der Waals surface area (Å²) < 4.78 is 13.8. The number of carbonyl (C=O) groups is 1. The number of nitrogens with one attached hydrogen (secondary N) is 1. The summed E-state index contributed by atoms with van der Waals surface area (Å²) in [6, 6.07) is 7.37. The first-order chi connectivity index (χ1) is 12.3. The molecule has 3 heterocycles. The zero-order chi connectivity index (χ0) is 17.1. The Morgan fingerprint density at radius 3 is 2.84 bits per heavy atom. The van der Waals surface area contributed by atoms with Crippen LogP contribution in [0, 0.1) is 0 Å². The third kappa shape index (κ3) is 3.60. The Kier molecular flexibility index (Phi) is 4.54. The Balaban J connectivity index is 1.34. The van der Waals surface area contributed by atoms with Gasteiger partial charge >= 0.3 is 0 Å². The van der Waals surface area contributed by atoms with Crippen LogP contribution >= 0.6 is 0 Å². The summed E-state index contributed by atoms with van der Waals surface area (Å²) in [6.45, 7) is 2.10. The maximum Gasteiger partial charge on any atom is 0.261 e. The highest BCUT2D eigenvalue weighted by Crippen LogP contribution is 2.22. The minimum absolute atomic E-state index is 0.0292. The lowest BCUT2D eigenvalue weighted by atomic mass is 10.2. The van der Waals surface area contributed by atoms with Crippen molar-refractivity contribution in [3.8, 4) is 11.5 Å². The van der Waals surface area contributed by atoms with E-state index in [0.29, 0.717) is 12.4 Å². The smallest absolute Gasteiger partial charge is 0.261 e. The van der Waals surface area contributed by atoms with Crippen LogP contribution in [0.15, 0.2) is 24.3 Å². The van der Waals surface area contributed by atoms with E-state index < -0.39 is 6.10 Å². The summed E-state index contributed by atoms with van der Waals surface area (Å²) in [7, 11) is 0. The fourth-order valence-corrected chi connectivity index (χ4v) is 3.27. The van der Waals surface area contributed by atoms with E-state index in [1.54, 1.807) is 0 Å². The van der Waals surface area contributed by atoms with Crippen molar-refractivity contribution in [1.82, 2.24) is 20.1 Å². The predicted octanol–water partition coefficient (Wildman–Crippen LogP) is 1.85. The molecule has 1 N–H and O–H groups in total. The highest BCUT2D eigenvalue weighted by Gasteiger charge is 2.22. The summed E-state index contributed by atoms with van der Waals surface area (Å²) in [5.41, 5.74) is 0. The largest absolute Gasteiger partial charge is 0.486 e. The minimum atomic E-state index is -0.409. The monoisotopic (exact) mass is 342 g/mol. The van der Waals surface area contributed by atoms with Gasteiger partial charge in [-0.1, -0.05) is 0 Å². The number of rotatable bonds is 5. The van der Waals surface area contributed by atoms with Crippen LogP contribution in [0.2, 0.25) is 0 Å². The fraction of sp³-hybridized carbons (Fsp3) is 0.500. The van der Waals surface area contributed by atoms with Crippen molar-refractivity contribution in [2.45, 2.75) is 51.4 Å². The van der Waals surface area contributed by atoms with Crippen LogP contribution in [0.3, 0.4) is 0 Å². The third-order valence-electron chi connectivity index (χ3n) is 4.64. The normalized spacial score (nSPS) is 19.8. The molecule has 4 rings (SSSR count). The first-order valence-corrected chi connectivity index (χ1v) is 8.88. The molecule has 2 aliphatic heterocycles. The van der Waals surface area contributed by atoms with Crippen LogP contribution in [0.4, 0.5) is 0 Å². The molecule has 25 heavy (non-hydrogen) atoms. The molecule has 1 fully saturated rings. The lowest BCUT2D eigenvalue weighted by Crippen LogP contribution is -2.36. The molecule has 132 valence electrons. The van der Waals surface area contributed by atoms with Gasteiger partial charge in [0.05, 0.1) is 0 Å². The molecule has 0 spiro atoms. The first kappa shape index (κ1) is 15.9. The second-order valence-electron chi connectivity index (χ2n) is 6.44. The van der Waals surface area contributed by atoms with E-state index in [2.05, 4.69) is 20.1 Å². The Bertz CT molecular complexity index is 741. The quantitative estimate of drug-likeness (QED) is 0.897. The van der Waals surface area contributed by atoms with Crippen molar-refractivity contribution in [3.63, 3.8) is 0 Å². The van der Waals surface area contributed by atoms with Gasteiger partial charge in [0.1, 0.15) is 23.9 Å². The van der Waals surface area contributed by atoms with Crippen molar-refractivity contribution in [1.29, 1.82) is 0 Å². The van der Waals surface area contributed by atoms with Crippen LogP contribution in [0.25, 0.3) is 0 Å². The van der Waals surface area contributed by atoms with Crippen LogP contribution in [-0.4, -0.2) is 33.3 Å². The lowest BCUT2D eigenvalue weighted by Gasteiger charge is -2.16. The number of carbonyl (C=O) groups excluding carboxylic acids is 1. The number of aromatic nitrogens is 3. The molecule has 1 amide bonds. The number of fused-ring (bicyclic) bond motifs is 1. The Labute approximate surface area is 146 Å². The Morgan fingerprint density at radius 2 is 1.96 bits per heavy atom. The van der Waals surface area contributed by atoms with E-state index in [1.165, 1.54) is 0 Å². The van der Waals surface area contributed by atoms with Crippen LogP contribution in [-0.2, 0) is 24.4 Å². The molecule has 0 radical (unpaired) electrons. The van der Waals surface area contributed by atoms with E-state index in [-0.39, 0.29) is 5.91 Å². The molecular formula is C18H22N4O3. The van der Waals surface area contributed by atoms with Gasteiger partial charge in [-0.2, -0.15) is 0 Å². The van der Waals surface area contributed by atoms with E-state index in [0.717, 1.165) is 62.6 Å². The van der Waals surface area contributed by atoms with Gasteiger partial charge < -0.3 is 19.4 Å². The second kappa shape index (κ2) is 7.13. The zero-order valence-electron chi connectivity index (χ0n) is 14.1. The second-order valence-corrected chi connectivity index (χ2v) is 6.44. The number of hydrogen-bond acceptors (Lipinski definition) is 5. The molecular weight excluding hydrogens is 320 g/mol. The van der Waals surface area contributed by atoms with Gasteiger partial charge in [0.2, 0.25) is 0 Å². The van der Waals surface area contributed by atoms with Crippen LogP contribution in [0.5, 0.6) is 11.5 Å². The number of benzene rings is 1. The zero-order valence-corrected chi connectivity index (χ0v) is 14.1. The van der Waals surface area contributed by atoms with Crippen molar-refractivity contribution in [3.05, 3.63) is 35.9 Å². The van der Waals surface area contributed by atoms with Crippen molar-refractivity contribution < 1.29 is 14.3 Å². The van der Waals surface area contributed by atoms with Gasteiger partial charge in [0, 0.05) is 19.5 Å². The van der Waals surface area contributed by atoms with E-state index >= 15 is 0 Å². The van der Waals surface area contributed by atoms with Gasteiger partial charge in [-0.25, -0.2) is 0 Å². The molecule has 1 aromatic heterocycles. The fourth-order valence-electron chi connectivity index (χ4n) is 3.27. The maximum atomic E-state index is 11.9. The highest BCUT2D eigenvalue weighted by atomic mass is 16.5. The Morgan fingerprint density at radius 1 is 1.12 bits per heavy atom. The summed E-state index contributed by atoms with van der Waals surface area (Å²) in [4.78, 5) is 11.9. The average Bonchev–Trinajstić information content (AvgIpc) is 3.18. The molecule has 2 aromatic rings. The highest BCUT2D eigenvalue weighted by molar-refractivity contribution is 5.81. The molecule has 0 bridgehead atoms. The molecule has 7 nitrogen and oxygen atoms in total. The van der Waals surface area contributed by atoms with E-state index in [4.69, 9.17) is 9.47 Å². The minimum Gasteiger partial charge on any atom is -0.486 e. The maximum absolute atomic E-state index is 11.9. The van der Waals surface area contributed by atoms with Gasteiger partial charge in [-0.15, -0.1) is 10.2 Å². The van der Waals surface area contributed by atoms with Gasteiger partial charge in [0.25, 0.3) is 5.91 Å². The SMILES string of the molecule is O=C1NCCCCC1Oc1ccc(OCc2nnc3n2CCC3)cc1. The molecule has 0 aliphatic carbocycles. The summed E-state index contributed by atoms with van der Waals surface area (Å²) in [5.74, 6) is 3.30. The number of aryl methyl sites for hydroxylation is 1. The van der Waals surface area contributed by atoms with E-state index in [1.807, 2.05) is 24.3 Å². The third-order valence-corrected chi connectivity index (χ3v) is 4.64. The van der Waals surface area contributed by atoms with Crippen LogP contribution < -0.4 is 14.8 Å². The predicted molar refractivity (Wildman–Crippen MR) is 90.4 cm³/mol. The van der Waals surface area contributed by atoms with Gasteiger partial charge in [-0.05, 0) is 49.9 Å². The number of hydrogen-bond donors (Lipinski definition) is 1.